The second-order valence-corrected chi connectivity index (χ2v) is 7.34. The highest BCUT2D eigenvalue weighted by Gasteiger charge is 2.17. The Hall–Kier alpha value is -2.02. The highest BCUT2D eigenvalue weighted by molar-refractivity contribution is 5.80. The van der Waals surface area contributed by atoms with Gasteiger partial charge >= 0.3 is 5.97 Å². The summed E-state index contributed by atoms with van der Waals surface area (Å²) in [6.07, 6.45) is 5.04. The number of hydrogen-bond donors (Lipinski definition) is 2. The first kappa shape index (κ1) is 20.3. The summed E-state index contributed by atoms with van der Waals surface area (Å²) in [5.74, 6) is 1.37. The topological polar surface area (TPSA) is 85.1 Å². The molecule has 0 aromatic carbocycles. The molecule has 2 rings (SSSR count). The molecule has 1 unspecified atom stereocenters. The predicted molar refractivity (Wildman–Crippen MR) is 100 cm³/mol. The smallest absolute Gasteiger partial charge is 0.308 e. The van der Waals surface area contributed by atoms with E-state index in [1.807, 2.05) is 32.9 Å². The monoisotopic (exact) mass is 365 g/mol. The molecule has 1 saturated heterocycles. The summed E-state index contributed by atoms with van der Waals surface area (Å²) < 4.78 is 16.3. The number of nitrogens with zero attached hydrogens (tertiary/aromatic N) is 1. The van der Waals surface area contributed by atoms with Gasteiger partial charge in [-0.25, -0.2) is 0 Å². The molecule has 0 radical (unpaired) electrons. The van der Waals surface area contributed by atoms with E-state index in [0.717, 1.165) is 31.6 Å². The van der Waals surface area contributed by atoms with Crippen LogP contribution in [0.5, 0.6) is 0 Å². The van der Waals surface area contributed by atoms with Crippen LogP contribution in [0.15, 0.2) is 27.8 Å². The van der Waals surface area contributed by atoms with E-state index in [1.165, 1.54) is 0 Å². The summed E-state index contributed by atoms with van der Waals surface area (Å²) in [6.45, 7) is 8.18. The maximum atomic E-state index is 11.8. The number of ether oxygens (including phenoxy) is 2. The van der Waals surface area contributed by atoms with Crippen LogP contribution >= 0.6 is 0 Å². The van der Waals surface area contributed by atoms with E-state index in [-0.39, 0.29) is 18.5 Å². The summed E-state index contributed by atoms with van der Waals surface area (Å²) in [5.41, 5.74) is -0.463. The summed E-state index contributed by atoms with van der Waals surface area (Å²) in [7, 11) is 0. The van der Waals surface area contributed by atoms with Crippen molar-refractivity contribution < 1.29 is 18.7 Å². The normalized spacial score (nSPS) is 18.0. The molecule has 0 spiro atoms. The zero-order valence-electron chi connectivity index (χ0n) is 16.0. The highest BCUT2D eigenvalue weighted by atomic mass is 16.6. The molecule has 1 fully saturated rings. The second kappa shape index (κ2) is 10.2. The summed E-state index contributed by atoms with van der Waals surface area (Å²) >= 11 is 0. The molecule has 1 aromatic rings. The van der Waals surface area contributed by atoms with Gasteiger partial charge in [0.25, 0.3) is 0 Å². The molecule has 1 atom stereocenters. The van der Waals surface area contributed by atoms with Gasteiger partial charge in [0, 0.05) is 26.1 Å². The van der Waals surface area contributed by atoms with Crippen LogP contribution in [0, 0.1) is 0 Å². The van der Waals surface area contributed by atoms with Gasteiger partial charge in [-0.1, -0.05) is 0 Å². The Morgan fingerprint density at radius 1 is 1.35 bits per heavy atom. The van der Waals surface area contributed by atoms with Gasteiger partial charge < -0.3 is 24.5 Å². The summed E-state index contributed by atoms with van der Waals surface area (Å²) in [6, 6.07) is 3.82. The van der Waals surface area contributed by atoms with Crippen molar-refractivity contribution in [2.45, 2.75) is 58.2 Å². The van der Waals surface area contributed by atoms with Gasteiger partial charge in [-0.2, -0.15) is 0 Å². The average Bonchev–Trinajstić information content (AvgIpc) is 3.24. The quantitative estimate of drug-likeness (QED) is 0.418. The minimum absolute atomic E-state index is 0.185. The lowest BCUT2D eigenvalue weighted by atomic mass is 10.2. The standard InChI is InChI=1S/C19H31N3O4/c1-19(2,3)26-17(23)9-11-21-18(22-14-16-7-5-13-25-16)20-10-8-15-6-4-12-24-15/h4,6,12,16H,5,7-11,13-14H2,1-3H3,(H2,20,21,22). The molecule has 2 N–H and O–H groups in total. The molecule has 0 bridgehead atoms. The van der Waals surface area contributed by atoms with E-state index < -0.39 is 5.60 Å². The molecule has 7 nitrogen and oxygen atoms in total. The van der Waals surface area contributed by atoms with Gasteiger partial charge in [-0.05, 0) is 45.7 Å². The number of furan rings is 1. The van der Waals surface area contributed by atoms with Gasteiger partial charge in [0.2, 0.25) is 0 Å². The largest absolute Gasteiger partial charge is 0.469 e. The fourth-order valence-corrected chi connectivity index (χ4v) is 2.59. The summed E-state index contributed by atoms with van der Waals surface area (Å²) in [5, 5.41) is 6.47. The van der Waals surface area contributed by atoms with E-state index in [9.17, 15) is 4.79 Å². The number of aliphatic imine (C=N–C) groups is 1. The van der Waals surface area contributed by atoms with Crippen LogP contribution in [0.3, 0.4) is 0 Å². The Kier molecular flexibility index (Phi) is 7.97. The third-order valence-corrected chi connectivity index (χ3v) is 3.76. The van der Waals surface area contributed by atoms with Crippen LogP contribution in [0.2, 0.25) is 0 Å². The Labute approximate surface area is 155 Å². The minimum atomic E-state index is -0.463. The third-order valence-electron chi connectivity index (χ3n) is 3.76. The third kappa shape index (κ3) is 8.38. The molecular weight excluding hydrogens is 334 g/mol. The van der Waals surface area contributed by atoms with Crippen molar-refractivity contribution in [3.8, 4) is 0 Å². The lowest BCUT2D eigenvalue weighted by Gasteiger charge is -2.20. The molecule has 0 aliphatic carbocycles. The number of carbonyl (C=O) groups excluding carboxylic acids is 1. The highest BCUT2D eigenvalue weighted by Crippen LogP contribution is 2.11. The Morgan fingerprint density at radius 2 is 2.15 bits per heavy atom. The van der Waals surface area contributed by atoms with Crippen LogP contribution in [-0.2, 0) is 20.7 Å². The van der Waals surface area contributed by atoms with Crippen LogP contribution in [0.4, 0.5) is 0 Å². The molecule has 0 amide bonds. The zero-order valence-corrected chi connectivity index (χ0v) is 16.0. The fourth-order valence-electron chi connectivity index (χ4n) is 2.59. The number of hydrogen-bond acceptors (Lipinski definition) is 5. The molecule has 1 aromatic heterocycles. The molecule has 0 saturated carbocycles. The van der Waals surface area contributed by atoms with Crippen molar-refractivity contribution in [1.29, 1.82) is 0 Å². The molecular formula is C19H31N3O4. The molecule has 2 heterocycles. The fraction of sp³-hybridized carbons (Fsp3) is 0.684. The first-order valence-electron chi connectivity index (χ1n) is 9.30. The molecule has 146 valence electrons. The van der Waals surface area contributed by atoms with Gasteiger partial charge in [-0.3, -0.25) is 9.79 Å². The number of esters is 1. The van der Waals surface area contributed by atoms with E-state index in [4.69, 9.17) is 13.9 Å². The average molecular weight is 365 g/mol. The van der Waals surface area contributed by atoms with Crippen molar-refractivity contribution in [3.05, 3.63) is 24.2 Å². The van der Waals surface area contributed by atoms with Gasteiger partial charge in [0.05, 0.1) is 25.3 Å². The van der Waals surface area contributed by atoms with E-state index in [0.29, 0.717) is 25.6 Å². The maximum Gasteiger partial charge on any atom is 0.308 e. The van der Waals surface area contributed by atoms with E-state index in [1.54, 1.807) is 6.26 Å². The molecule has 1 aliphatic rings. The van der Waals surface area contributed by atoms with Crippen molar-refractivity contribution >= 4 is 11.9 Å². The zero-order chi connectivity index (χ0) is 18.8. The predicted octanol–water partition coefficient (Wildman–Crippen LogP) is 2.27. The molecule has 7 heteroatoms. The Bertz CT molecular complexity index is 558. The first-order chi connectivity index (χ1) is 12.4. The Morgan fingerprint density at radius 3 is 2.81 bits per heavy atom. The van der Waals surface area contributed by atoms with Crippen LogP contribution in [0.25, 0.3) is 0 Å². The molecule has 1 aliphatic heterocycles. The number of carbonyl (C=O) groups is 1. The number of rotatable bonds is 8. The Balaban J connectivity index is 1.77. The second-order valence-electron chi connectivity index (χ2n) is 7.34. The van der Waals surface area contributed by atoms with Crippen molar-refractivity contribution in [2.75, 3.05) is 26.2 Å². The SMILES string of the molecule is CC(C)(C)OC(=O)CCNC(=NCC1CCCO1)NCCc1ccco1. The van der Waals surface area contributed by atoms with Crippen LogP contribution < -0.4 is 10.6 Å². The van der Waals surface area contributed by atoms with Gasteiger partial charge in [0.15, 0.2) is 5.96 Å². The number of nitrogens with one attached hydrogen (secondary N) is 2. The van der Waals surface area contributed by atoms with Crippen molar-refractivity contribution in [3.63, 3.8) is 0 Å². The lowest BCUT2D eigenvalue weighted by molar-refractivity contribution is -0.154. The van der Waals surface area contributed by atoms with Gasteiger partial charge in [0.1, 0.15) is 11.4 Å². The maximum absolute atomic E-state index is 11.8. The van der Waals surface area contributed by atoms with E-state index >= 15 is 0 Å². The number of guanidine groups is 1. The molecule has 26 heavy (non-hydrogen) atoms. The van der Waals surface area contributed by atoms with Crippen LogP contribution in [0.1, 0.15) is 45.8 Å². The van der Waals surface area contributed by atoms with Crippen molar-refractivity contribution in [1.82, 2.24) is 10.6 Å². The van der Waals surface area contributed by atoms with Crippen LogP contribution in [-0.4, -0.2) is 49.9 Å². The summed E-state index contributed by atoms with van der Waals surface area (Å²) in [4.78, 5) is 16.4. The minimum Gasteiger partial charge on any atom is -0.469 e. The van der Waals surface area contributed by atoms with Crippen molar-refractivity contribution in [2.24, 2.45) is 4.99 Å². The van der Waals surface area contributed by atoms with Gasteiger partial charge in [-0.15, -0.1) is 0 Å². The first-order valence-corrected chi connectivity index (χ1v) is 9.30. The lowest BCUT2D eigenvalue weighted by Crippen LogP contribution is -2.40. The van der Waals surface area contributed by atoms with E-state index in [2.05, 4.69) is 15.6 Å².